The van der Waals surface area contributed by atoms with Gasteiger partial charge in [-0.1, -0.05) is 18.2 Å². The van der Waals surface area contributed by atoms with Crippen molar-refractivity contribution in [1.82, 2.24) is 5.43 Å². The number of ether oxygens (including phenoxy) is 1. The summed E-state index contributed by atoms with van der Waals surface area (Å²) in [5, 5.41) is 3.79. The first-order valence-electron chi connectivity index (χ1n) is 4.76. The van der Waals surface area contributed by atoms with Crippen LogP contribution in [0, 0.1) is 0 Å². The zero-order valence-electron chi connectivity index (χ0n) is 8.86. The van der Waals surface area contributed by atoms with Crippen molar-refractivity contribution in [1.29, 1.82) is 0 Å². The topological polar surface area (TPSA) is 50.7 Å². The second-order valence-electron chi connectivity index (χ2n) is 2.87. The smallest absolute Gasteiger partial charge is 0.271 e. The Labute approximate surface area is 88.9 Å². The van der Waals surface area contributed by atoms with E-state index in [2.05, 4.69) is 10.5 Å². The van der Waals surface area contributed by atoms with E-state index in [0.29, 0.717) is 18.1 Å². The normalized spacial score (nSPS) is 10.9. The highest BCUT2D eigenvalue weighted by Crippen LogP contribution is 1.97. The summed E-state index contributed by atoms with van der Waals surface area (Å²) in [4.78, 5) is 11.5. The van der Waals surface area contributed by atoms with E-state index in [-0.39, 0.29) is 5.91 Å². The van der Waals surface area contributed by atoms with Crippen LogP contribution in [0.5, 0.6) is 0 Å². The molecule has 0 saturated heterocycles. The highest BCUT2D eigenvalue weighted by atomic mass is 16.5. The molecule has 1 amide bonds. The van der Waals surface area contributed by atoms with E-state index in [1.165, 1.54) is 0 Å². The van der Waals surface area contributed by atoms with Gasteiger partial charge < -0.3 is 4.74 Å². The molecule has 1 rings (SSSR count). The van der Waals surface area contributed by atoms with E-state index < -0.39 is 0 Å². The van der Waals surface area contributed by atoms with Crippen molar-refractivity contribution in [2.24, 2.45) is 5.10 Å². The van der Waals surface area contributed by atoms with E-state index in [9.17, 15) is 4.79 Å². The van der Waals surface area contributed by atoms with Crippen LogP contribution in [0.3, 0.4) is 0 Å². The maximum absolute atomic E-state index is 11.5. The molecule has 0 radical (unpaired) electrons. The van der Waals surface area contributed by atoms with Gasteiger partial charge >= 0.3 is 0 Å². The van der Waals surface area contributed by atoms with Gasteiger partial charge in [0, 0.05) is 12.5 Å². The molecule has 0 aliphatic rings. The van der Waals surface area contributed by atoms with E-state index >= 15 is 0 Å². The van der Waals surface area contributed by atoms with Crippen LogP contribution in [0.25, 0.3) is 0 Å². The Balaban J connectivity index is 2.54. The molecule has 0 atom stereocenters. The lowest BCUT2D eigenvalue weighted by Gasteiger charge is -2.02. The Hall–Kier alpha value is -1.84. The number of nitrogens with one attached hydrogen (secondary N) is 1. The van der Waals surface area contributed by atoms with Crippen molar-refractivity contribution in [3.05, 3.63) is 35.9 Å². The number of hydrogen-bond acceptors (Lipinski definition) is 3. The Kier molecular flexibility index (Phi) is 4.34. The van der Waals surface area contributed by atoms with Gasteiger partial charge in [0.25, 0.3) is 5.91 Å². The summed E-state index contributed by atoms with van der Waals surface area (Å²) in [5.41, 5.74) is 2.98. The third-order valence-corrected chi connectivity index (χ3v) is 1.70. The fourth-order valence-electron chi connectivity index (χ4n) is 1.02. The first kappa shape index (κ1) is 11.2. The number of nitrogens with zero attached hydrogens (tertiary/aromatic N) is 1. The van der Waals surface area contributed by atoms with Gasteiger partial charge in [0.15, 0.2) is 0 Å². The molecule has 0 heterocycles. The quantitative estimate of drug-likeness (QED) is 0.465. The molecule has 0 fully saturated rings. The van der Waals surface area contributed by atoms with Crippen LogP contribution in [-0.4, -0.2) is 18.4 Å². The molecule has 0 aromatic heterocycles. The molecule has 4 heteroatoms. The minimum Gasteiger partial charge on any atom is -0.480 e. The van der Waals surface area contributed by atoms with Crippen LogP contribution in [0.4, 0.5) is 0 Å². The summed E-state index contributed by atoms with van der Waals surface area (Å²) < 4.78 is 5.06. The summed E-state index contributed by atoms with van der Waals surface area (Å²) in [6.45, 7) is 4.09. The van der Waals surface area contributed by atoms with E-state index in [4.69, 9.17) is 4.74 Å². The predicted octanol–water partition coefficient (Wildman–Crippen LogP) is 1.79. The van der Waals surface area contributed by atoms with Gasteiger partial charge in [-0.15, -0.1) is 5.10 Å². The highest BCUT2D eigenvalue weighted by molar-refractivity contribution is 5.94. The minimum atomic E-state index is -0.241. The predicted molar refractivity (Wildman–Crippen MR) is 58.6 cm³/mol. The van der Waals surface area contributed by atoms with Crippen molar-refractivity contribution in [3.63, 3.8) is 0 Å². The number of rotatable bonds is 3. The van der Waals surface area contributed by atoms with Crippen molar-refractivity contribution in [2.45, 2.75) is 13.8 Å². The van der Waals surface area contributed by atoms with Crippen molar-refractivity contribution in [3.8, 4) is 0 Å². The van der Waals surface area contributed by atoms with Crippen molar-refractivity contribution < 1.29 is 9.53 Å². The summed E-state index contributed by atoms with van der Waals surface area (Å²) in [6.07, 6.45) is 0. The standard InChI is InChI=1S/C11H14N2O2/c1-3-15-9(2)12-13-11(14)10-7-5-4-6-8-10/h4-8H,3H2,1-2H3,(H,13,14). The number of amides is 1. The average Bonchev–Trinajstić information content (AvgIpc) is 2.27. The zero-order chi connectivity index (χ0) is 11.1. The minimum absolute atomic E-state index is 0.241. The molecular formula is C11H14N2O2. The molecule has 1 N–H and O–H groups in total. The Morgan fingerprint density at radius 1 is 1.40 bits per heavy atom. The fraction of sp³-hybridized carbons (Fsp3) is 0.273. The number of hydrazone groups is 1. The van der Waals surface area contributed by atoms with Gasteiger partial charge in [0.1, 0.15) is 0 Å². The SMILES string of the molecule is CCOC(C)=NNC(=O)c1ccccc1. The van der Waals surface area contributed by atoms with Gasteiger partial charge in [-0.05, 0) is 19.1 Å². The lowest BCUT2D eigenvalue weighted by Crippen LogP contribution is -2.19. The lowest BCUT2D eigenvalue weighted by atomic mass is 10.2. The van der Waals surface area contributed by atoms with Crippen LogP contribution in [0.1, 0.15) is 24.2 Å². The van der Waals surface area contributed by atoms with E-state index in [1.807, 2.05) is 13.0 Å². The van der Waals surface area contributed by atoms with E-state index in [0.717, 1.165) is 0 Å². The number of hydrogen-bond donors (Lipinski definition) is 1. The van der Waals surface area contributed by atoms with Crippen LogP contribution in [0.2, 0.25) is 0 Å². The maximum atomic E-state index is 11.5. The molecule has 1 aromatic carbocycles. The van der Waals surface area contributed by atoms with Crippen LogP contribution in [0.15, 0.2) is 35.4 Å². The summed E-state index contributed by atoms with van der Waals surface area (Å²) in [6, 6.07) is 8.90. The molecule has 0 spiro atoms. The first-order valence-corrected chi connectivity index (χ1v) is 4.76. The number of benzene rings is 1. The highest BCUT2D eigenvalue weighted by Gasteiger charge is 2.02. The van der Waals surface area contributed by atoms with Crippen LogP contribution < -0.4 is 5.43 Å². The molecule has 0 saturated carbocycles. The molecule has 80 valence electrons. The van der Waals surface area contributed by atoms with Crippen LogP contribution >= 0.6 is 0 Å². The second-order valence-corrected chi connectivity index (χ2v) is 2.87. The van der Waals surface area contributed by atoms with Gasteiger partial charge in [0.05, 0.1) is 6.61 Å². The molecule has 1 aromatic rings. The largest absolute Gasteiger partial charge is 0.480 e. The summed E-state index contributed by atoms with van der Waals surface area (Å²) in [7, 11) is 0. The van der Waals surface area contributed by atoms with Crippen molar-refractivity contribution >= 4 is 11.8 Å². The molecular weight excluding hydrogens is 192 g/mol. The van der Waals surface area contributed by atoms with Crippen LogP contribution in [-0.2, 0) is 4.74 Å². The second kappa shape index (κ2) is 5.80. The Morgan fingerprint density at radius 3 is 2.67 bits per heavy atom. The first-order chi connectivity index (χ1) is 7.24. The molecule has 0 aliphatic heterocycles. The van der Waals surface area contributed by atoms with Gasteiger partial charge in [-0.25, -0.2) is 5.43 Å². The molecule has 0 aliphatic carbocycles. The maximum Gasteiger partial charge on any atom is 0.271 e. The Morgan fingerprint density at radius 2 is 2.07 bits per heavy atom. The summed E-state index contributed by atoms with van der Waals surface area (Å²) >= 11 is 0. The van der Waals surface area contributed by atoms with Crippen molar-refractivity contribution in [2.75, 3.05) is 6.61 Å². The molecule has 4 nitrogen and oxygen atoms in total. The molecule has 15 heavy (non-hydrogen) atoms. The average molecular weight is 206 g/mol. The number of carbonyl (C=O) groups excluding carboxylic acids is 1. The molecule has 0 unspecified atom stereocenters. The third kappa shape index (κ3) is 3.81. The van der Waals surface area contributed by atoms with Gasteiger partial charge in [-0.2, -0.15) is 0 Å². The molecule has 0 bridgehead atoms. The lowest BCUT2D eigenvalue weighted by molar-refractivity contribution is 0.0953. The zero-order valence-corrected chi connectivity index (χ0v) is 8.86. The Bertz CT molecular complexity index is 347. The van der Waals surface area contributed by atoms with Gasteiger partial charge in [-0.3, -0.25) is 4.79 Å². The monoisotopic (exact) mass is 206 g/mol. The van der Waals surface area contributed by atoms with Gasteiger partial charge in [0.2, 0.25) is 5.90 Å². The fourth-order valence-corrected chi connectivity index (χ4v) is 1.02. The summed E-state index contributed by atoms with van der Waals surface area (Å²) in [5.74, 6) is 0.205. The number of carbonyl (C=O) groups is 1. The third-order valence-electron chi connectivity index (χ3n) is 1.70. The van der Waals surface area contributed by atoms with E-state index in [1.54, 1.807) is 31.2 Å².